The third-order valence-electron chi connectivity index (χ3n) is 3.07. The number of carbonyl (C=O) groups is 3. The van der Waals surface area contributed by atoms with Crippen molar-refractivity contribution in [2.45, 2.75) is 43.0 Å². The number of halogens is 1. The summed E-state index contributed by atoms with van der Waals surface area (Å²) in [5.41, 5.74) is 16.3. The summed E-state index contributed by atoms with van der Waals surface area (Å²) in [5.74, 6) is -2.44. The summed E-state index contributed by atoms with van der Waals surface area (Å²) in [7, 11) is -3.71. The van der Waals surface area contributed by atoms with Crippen molar-refractivity contribution in [3.05, 3.63) is 16.5 Å². The van der Waals surface area contributed by atoms with Crippen LogP contribution in [0.3, 0.4) is 0 Å². The molecule has 146 valence electrons. The van der Waals surface area contributed by atoms with Crippen LogP contribution in [0.2, 0.25) is 5.02 Å². The van der Waals surface area contributed by atoms with Gasteiger partial charge < -0.3 is 17.2 Å². The minimum Gasteiger partial charge on any atom is -0.370 e. The zero-order valence-electron chi connectivity index (χ0n) is 14.3. The lowest BCUT2D eigenvalue weighted by Crippen LogP contribution is -2.45. The Morgan fingerprint density at radius 2 is 1.92 bits per heavy atom. The SMILES string of the molecule is CC(C)C[C@H](N)C(=O)N=S(=O)(NC(=O)[C@@H](N)CC(N)=O)c1cc(Cl)cs1. The van der Waals surface area contributed by atoms with Crippen molar-refractivity contribution >= 4 is 50.6 Å². The summed E-state index contributed by atoms with van der Waals surface area (Å²) in [5, 5.41) is 1.74. The minimum absolute atomic E-state index is 0.0622. The second-order valence-corrected chi connectivity index (χ2v) is 9.50. The van der Waals surface area contributed by atoms with Gasteiger partial charge >= 0.3 is 0 Å². The number of nitrogens with zero attached hydrogens (tertiary/aromatic N) is 1. The molecule has 26 heavy (non-hydrogen) atoms. The summed E-state index contributed by atoms with van der Waals surface area (Å²) in [6, 6.07) is -0.986. The van der Waals surface area contributed by atoms with E-state index >= 15 is 0 Å². The molecule has 0 saturated heterocycles. The van der Waals surface area contributed by atoms with Crippen LogP contribution < -0.4 is 21.9 Å². The molecular formula is C14H22ClN5O4S2. The molecule has 0 aliphatic heterocycles. The van der Waals surface area contributed by atoms with Gasteiger partial charge in [-0.1, -0.05) is 25.4 Å². The molecule has 0 aliphatic rings. The second-order valence-electron chi connectivity index (χ2n) is 6.02. The number of hydrogen-bond donors (Lipinski definition) is 4. The van der Waals surface area contributed by atoms with Crippen molar-refractivity contribution in [1.82, 2.24) is 4.72 Å². The molecule has 0 radical (unpaired) electrons. The fourth-order valence-electron chi connectivity index (χ4n) is 1.88. The molecule has 12 heteroatoms. The smallest absolute Gasteiger partial charge is 0.272 e. The maximum atomic E-state index is 13.2. The van der Waals surface area contributed by atoms with Gasteiger partial charge in [0, 0.05) is 5.38 Å². The number of nitrogens with one attached hydrogen (secondary N) is 1. The lowest BCUT2D eigenvalue weighted by atomic mass is 10.0. The molecule has 3 amide bonds. The van der Waals surface area contributed by atoms with E-state index in [-0.39, 0.29) is 15.1 Å². The number of hydrogen-bond acceptors (Lipinski definition) is 7. The lowest BCUT2D eigenvalue weighted by molar-refractivity contribution is -0.125. The molecule has 0 saturated carbocycles. The predicted molar refractivity (Wildman–Crippen MR) is 101 cm³/mol. The van der Waals surface area contributed by atoms with Gasteiger partial charge in [-0.05, 0) is 18.4 Å². The van der Waals surface area contributed by atoms with Crippen LogP contribution in [0.25, 0.3) is 0 Å². The van der Waals surface area contributed by atoms with Crippen molar-refractivity contribution in [2.75, 3.05) is 0 Å². The van der Waals surface area contributed by atoms with E-state index < -0.39 is 46.1 Å². The van der Waals surface area contributed by atoms with Crippen molar-refractivity contribution in [3.63, 3.8) is 0 Å². The molecule has 0 spiro atoms. The number of nitrogens with two attached hydrogens (primary N) is 3. The van der Waals surface area contributed by atoms with Crippen molar-refractivity contribution < 1.29 is 18.6 Å². The molecule has 0 aromatic carbocycles. The van der Waals surface area contributed by atoms with E-state index in [1.165, 1.54) is 11.4 Å². The fourth-order valence-corrected chi connectivity index (χ4v) is 4.99. The molecule has 9 nitrogen and oxygen atoms in total. The van der Waals surface area contributed by atoms with Gasteiger partial charge in [-0.2, -0.15) is 0 Å². The van der Waals surface area contributed by atoms with Crippen molar-refractivity contribution in [3.8, 4) is 0 Å². The van der Waals surface area contributed by atoms with Gasteiger partial charge in [0.05, 0.1) is 23.5 Å². The first-order valence-electron chi connectivity index (χ1n) is 7.60. The number of rotatable bonds is 8. The molecule has 1 aromatic rings. The summed E-state index contributed by atoms with van der Waals surface area (Å²) in [6.45, 7) is 3.74. The van der Waals surface area contributed by atoms with Crippen LogP contribution in [0.15, 0.2) is 20.0 Å². The zero-order valence-corrected chi connectivity index (χ0v) is 16.7. The average molecular weight is 424 g/mol. The van der Waals surface area contributed by atoms with E-state index in [0.717, 1.165) is 11.3 Å². The molecule has 0 bridgehead atoms. The van der Waals surface area contributed by atoms with Crippen LogP contribution in [-0.4, -0.2) is 34.0 Å². The fraction of sp³-hybridized carbons (Fsp3) is 0.500. The largest absolute Gasteiger partial charge is 0.370 e. The van der Waals surface area contributed by atoms with Gasteiger partial charge in [-0.25, -0.2) is 4.21 Å². The number of thiophene rings is 1. The average Bonchev–Trinajstić information content (AvgIpc) is 2.92. The predicted octanol–water partition coefficient (Wildman–Crippen LogP) is 0.362. The third-order valence-corrected chi connectivity index (χ3v) is 6.69. The molecule has 3 atom stereocenters. The van der Waals surface area contributed by atoms with Gasteiger partial charge in [0.15, 0.2) is 9.92 Å². The normalized spacial score (nSPS) is 15.8. The summed E-state index contributed by atoms with van der Waals surface area (Å²) in [4.78, 5) is 35.3. The highest BCUT2D eigenvalue weighted by molar-refractivity contribution is 7.94. The standard InChI is InChI=1S/C14H22ClN5O4S2/c1-7(2)3-9(16)13(22)19-26(24,12-4-8(15)6-25-12)20-14(23)10(17)5-11(18)21/h4,6-7,9-10H,3,5,16-17H2,1-2H3,(H2,18,21)(H,19,20,22,23,24)/t9-,10-,26?/m0/s1. The van der Waals surface area contributed by atoms with Crippen LogP contribution in [0.1, 0.15) is 26.7 Å². The monoisotopic (exact) mass is 423 g/mol. The highest BCUT2D eigenvalue weighted by Crippen LogP contribution is 2.25. The molecule has 1 aromatic heterocycles. The summed E-state index contributed by atoms with van der Waals surface area (Å²) in [6.07, 6.45) is -0.119. The van der Waals surface area contributed by atoms with Crippen molar-refractivity contribution in [2.24, 2.45) is 27.5 Å². The third kappa shape index (κ3) is 6.65. The van der Waals surface area contributed by atoms with Gasteiger partial charge in [-0.15, -0.1) is 15.7 Å². The summed E-state index contributed by atoms with van der Waals surface area (Å²) >= 11 is 6.79. The zero-order chi connectivity index (χ0) is 20.1. The maximum Gasteiger partial charge on any atom is 0.272 e. The Bertz CT molecular complexity index is 801. The molecule has 0 fully saturated rings. The van der Waals surface area contributed by atoms with Crippen LogP contribution >= 0.6 is 22.9 Å². The Morgan fingerprint density at radius 3 is 2.38 bits per heavy atom. The minimum atomic E-state index is -3.71. The first-order valence-corrected chi connectivity index (χ1v) is 10.4. The van der Waals surface area contributed by atoms with E-state index in [4.69, 9.17) is 28.8 Å². The maximum absolute atomic E-state index is 13.2. The van der Waals surface area contributed by atoms with Crippen LogP contribution in [-0.2, 0) is 24.3 Å². The molecule has 7 N–H and O–H groups in total. The molecular weight excluding hydrogens is 402 g/mol. The number of primary amides is 1. The lowest BCUT2D eigenvalue weighted by Gasteiger charge is -2.15. The van der Waals surface area contributed by atoms with E-state index in [0.29, 0.717) is 6.42 Å². The van der Waals surface area contributed by atoms with E-state index in [2.05, 4.69) is 9.08 Å². The number of carbonyl (C=O) groups excluding carboxylic acids is 3. The highest BCUT2D eigenvalue weighted by Gasteiger charge is 2.26. The Morgan fingerprint density at radius 1 is 1.31 bits per heavy atom. The van der Waals surface area contributed by atoms with E-state index in [9.17, 15) is 18.6 Å². The highest BCUT2D eigenvalue weighted by atomic mass is 35.5. The Labute approximate surface area is 160 Å². The van der Waals surface area contributed by atoms with Gasteiger partial charge in [0.1, 0.15) is 4.21 Å². The number of amides is 3. The quantitative estimate of drug-likeness (QED) is 0.470. The Hall–Kier alpha value is -1.53. The molecule has 1 heterocycles. The van der Waals surface area contributed by atoms with E-state index in [1.807, 2.05) is 13.8 Å². The van der Waals surface area contributed by atoms with E-state index in [1.54, 1.807) is 0 Å². The first-order chi connectivity index (χ1) is 11.9. The summed E-state index contributed by atoms with van der Waals surface area (Å²) < 4.78 is 19.1. The molecule has 1 rings (SSSR count). The van der Waals surface area contributed by atoms with Crippen LogP contribution in [0, 0.1) is 5.92 Å². The topological polar surface area (TPSA) is 171 Å². The van der Waals surface area contributed by atoms with Gasteiger partial charge in [-0.3, -0.25) is 19.1 Å². The Kier molecular flexibility index (Phi) is 8.15. The van der Waals surface area contributed by atoms with Crippen LogP contribution in [0.5, 0.6) is 0 Å². The first kappa shape index (κ1) is 22.5. The van der Waals surface area contributed by atoms with Crippen molar-refractivity contribution in [1.29, 1.82) is 0 Å². The Balaban J connectivity index is 3.21. The molecule has 0 aliphatic carbocycles. The molecule has 1 unspecified atom stereocenters. The van der Waals surface area contributed by atoms with Gasteiger partial charge in [0.25, 0.3) is 5.91 Å². The van der Waals surface area contributed by atoms with Crippen LogP contribution in [0.4, 0.5) is 0 Å². The van der Waals surface area contributed by atoms with Gasteiger partial charge in [0.2, 0.25) is 11.8 Å². The second kappa shape index (κ2) is 9.42.